The van der Waals surface area contributed by atoms with E-state index in [0.29, 0.717) is 23.3 Å². The van der Waals surface area contributed by atoms with E-state index in [1.807, 2.05) is 49.4 Å². The molecule has 0 saturated carbocycles. The van der Waals surface area contributed by atoms with Crippen molar-refractivity contribution >= 4 is 23.0 Å². The largest absolute Gasteiger partial charge is 0.497 e. The van der Waals surface area contributed by atoms with E-state index in [1.54, 1.807) is 18.2 Å². The second-order valence-corrected chi connectivity index (χ2v) is 6.17. The van der Waals surface area contributed by atoms with Crippen molar-refractivity contribution in [3.63, 3.8) is 0 Å². The van der Waals surface area contributed by atoms with Crippen LogP contribution in [0.3, 0.4) is 0 Å². The monoisotopic (exact) mass is 363 g/mol. The molecule has 3 aromatic rings. The Bertz CT molecular complexity index is 962. The van der Waals surface area contributed by atoms with Crippen LogP contribution < -0.4 is 14.8 Å². The topological polar surface area (TPSA) is 64.6 Å². The molecule has 138 valence electrons. The van der Waals surface area contributed by atoms with Crippen LogP contribution in [0.5, 0.6) is 11.5 Å². The minimum atomic E-state index is -0.261. The molecule has 0 unspecified atom stereocenters. The SMILES string of the molecule is COc1ccc(OCC(=O)N[C@H](C)c2cccc3ccccc23)c(C=O)c1. The number of ether oxygens (including phenoxy) is 2. The van der Waals surface area contributed by atoms with Crippen LogP contribution in [0.15, 0.2) is 60.7 Å². The van der Waals surface area contributed by atoms with Gasteiger partial charge in [-0.3, -0.25) is 9.59 Å². The Morgan fingerprint density at radius 1 is 1.11 bits per heavy atom. The van der Waals surface area contributed by atoms with Gasteiger partial charge in [0, 0.05) is 0 Å². The molecule has 3 aromatic carbocycles. The van der Waals surface area contributed by atoms with E-state index in [-0.39, 0.29) is 18.6 Å². The number of fused-ring (bicyclic) bond motifs is 1. The molecule has 1 atom stereocenters. The molecule has 1 N–H and O–H groups in total. The molecule has 0 saturated heterocycles. The second kappa shape index (κ2) is 8.36. The average molecular weight is 363 g/mol. The fraction of sp³-hybridized carbons (Fsp3) is 0.182. The maximum atomic E-state index is 12.3. The lowest BCUT2D eigenvalue weighted by Gasteiger charge is -2.17. The summed E-state index contributed by atoms with van der Waals surface area (Å²) in [6, 6.07) is 18.8. The van der Waals surface area contributed by atoms with Crippen molar-refractivity contribution < 1.29 is 19.1 Å². The first-order chi connectivity index (χ1) is 13.1. The summed E-state index contributed by atoms with van der Waals surface area (Å²) in [6.45, 7) is 1.76. The molecule has 27 heavy (non-hydrogen) atoms. The molecule has 0 aliphatic carbocycles. The molecule has 0 bridgehead atoms. The van der Waals surface area contributed by atoms with E-state index in [0.717, 1.165) is 16.3 Å². The fourth-order valence-corrected chi connectivity index (χ4v) is 3.01. The summed E-state index contributed by atoms with van der Waals surface area (Å²) in [5, 5.41) is 5.17. The Kier molecular flexibility index (Phi) is 5.71. The lowest BCUT2D eigenvalue weighted by atomic mass is 10.00. The zero-order valence-electron chi connectivity index (χ0n) is 15.3. The maximum absolute atomic E-state index is 12.3. The van der Waals surface area contributed by atoms with Gasteiger partial charge in [0.1, 0.15) is 11.5 Å². The minimum Gasteiger partial charge on any atom is -0.497 e. The number of aldehydes is 1. The summed E-state index contributed by atoms with van der Waals surface area (Å²) in [5.74, 6) is 0.639. The van der Waals surface area contributed by atoms with Gasteiger partial charge in [-0.25, -0.2) is 0 Å². The van der Waals surface area contributed by atoms with Crippen LogP contribution in [0.25, 0.3) is 10.8 Å². The van der Waals surface area contributed by atoms with Crippen molar-refractivity contribution in [2.45, 2.75) is 13.0 Å². The maximum Gasteiger partial charge on any atom is 0.258 e. The van der Waals surface area contributed by atoms with Crippen molar-refractivity contribution in [2.75, 3.05) is 13.7 Å². The number of amides is 1. The van der Waals surface area contributed by atoms with Crippen LogP contribution in [-0.2, 0) is 4.79 Å². The lowest BCUT2D eigenvalue weighted by Crippen LogP contribution is -2.31. The van der Waals surface area contributed by atoms with Crippen LogP contribution in [-0.4, -0.2) is 25.9 Å². The number of rotatable bonds is 7. The molecule has 0 fully saturated rings. The highest BCUT2D eigenvalue weighted by Gasteiger charge is 2.13. The summed E-state index contributed by atoms with van der Waals surface area (Å²) < 4.78 is 10.6. The van der Waals surface area contributed by atoms with Gasteiger partial charge in [-0.2, -0.15) is 0 Å². The first kappa shape index (κ1) is 18.5. The van der Waals surface area contributed by atoms with Gasteiger partial charge in [-0.1, -0.05) is 42.5 Å². The highest BCUT2D eigenvalue weighted by Crippen LogP contribution is 2.25. The molecule has 0 aliphatic heterocycles. The molecule has 0 aromatic heterocycles. The first-order valence-corrected chi connectivity index (χ1v) is 8.65. The van der Waals surface area contributed by atoms with E-state index in [1.165, 1.54) is 7.11 Å². The smallest absolute Gasteiger partial charge is 0.258 e. The summed E-state index contributed by atoms with van der Waals surface area (Å²) in [7, 11) is 1.52. The van der Waals surface area contributed by atoms with E-state index >= 15 is 0 Å². The standard InChI is InChI=1S/C22H21NO4/c1-15(19-9-5-7-16-6-3-4-8-20(16)19)23-22(25)14-27-21-11-10-18(26-2)12-17(21)13-24/h3-13,15H,14H2,1-2H3,(H,23,25)/t15-/m1/s1. The fourth-order valence-electron chi connectivity index (χ4n) is 3.01. The molecule has 3 rings (SSSR count). The van der Waals surface area contributed by atoms with Gasteiger partial charge in [0.2, 0.25) is 0 Å². The van der Waals surface area contributed by atoms with Crippen LogP contribution in [0.4, 0.5) is 0 Å². The van der Waals surface area contributed by atoms with Gasteiger partial charge >= 0.3 is 0 Å². The number of hydrogen-bond donors (Lipinski definition) is 1. The Balaban J connectivity index is 1.66. The number of nitrogens with one attached hydrogen (secondary N) is 1. The van der Waals surface area contributed by atoms with Crippen LogP contribution in [0.1, 0.15) is 28.9 Å². The van der Waals surface area contributed by atoms with E-state index in [9.17, 15) is 9.59 Å². The quantitative estimate of drug-likeness (QED) is 0.646. The van der Waals surface area contributed by atoms with Crippen molar-refractivity contribution in [1.82, 2.24) is 5.32 Å². The molecule has 5 heteroatoms. The third-order valence-electron chi connectivity index (χ3n) is 4.37. The van der Waals surface area contributed by atoms with Crippen molar-refractivity contribution in [3.8, 4) is 11.5 Å². The number of methoxy groups -OCH3 is 1. The van der Waals surface area contributed by atoms with E-state index in [4.69, 9.17) is 9.47 Å². The Morgan fingerprint density at radius 3 is 2.67 bits per heavy atom. The van der Waals surface area contributed by atoms with Crippen LogP contribution in [0.2, 0.25) is 0 Å². The van der Waals surface area contributed by atoms with Gasteiger partial charge in [0.25, 0.3) is 5.91 Å². The van der Waals surface area contributed by atoms with Gasteiger partial charge in [-0.15, -0.1) is 0 Å². The highest BCUT2D eigenvalue weighted by molar-refractivity contribution is 5.87. The molecule has 1 amide bonds. The normalized spacial score (nSPS) is 11.6. The van der Waals surface area contributed by atoms with Crippen LogP contribution >= 0.6 is 0 Å². The molecule has 0 spiro atoms. The van der Waals surface area contributed by atoms with Crippen molar-refractivity contribution in [1.29, 1.82) is 0 Å². The number of carbonyl (C=O) groups is 2. The molecular formula is C22H21NO4. The summed E-state index contributed by atoms with van der Waals surface area (Å²) in [6.07, 6.45) is 0.675. The molecule has 0 heterocycles. The average Bonchev–Trinajstić information content (AvgIpc) is 2.71. The van der Waals surface area contributed by atoms with Gasteiger partial charge < -0.3 is 14.8 Å². The first-order valence-electron chi connectivity index (χ1n) is 8.65. The second-order valence-electron chi connectivity index (χ2n) is 6.17. The number of hydrogen-bond acceptors (Lipinski definition) is 4. The third-order valence-corrected chi connectivity index (χ3v) is 4.37. The van der Waals surface area contributed by atoms with Crippen LogP contribution in [0, 0.1) is 0 Å². The zero-order chi connectivity index (χ0) is 19.2. The van der Waals surface area contributed by atoms with Crippen molar-refractivity contribution in [3.05, 3.63) is 71.8 Å². The van der Waals surface area contributed by atoms with Crippen molar-refractivity contribution in [2.24, 2.45) is 0 Å². The lowest BCUT2D eigenvalue weighted by molar-refractivity contribution is -0.123. The van der Waals surface area contributed by atoms with Gasteiger partial charge in [0.05, 0.1) is 18.7 Å². The summed E-state index contributed by atoms with van der Waals surface area (Å²) >= 11 is 0. The Hall–Kier alpha value is -3.34. The predicted octanol–water partition coefficient (Wildman–Crippen LogP) is 3.92. The Morgan fingerprint density at radius 2 is 1.89 bits per heavy atom. The van der Waals surface area contributed by atoms with Gasteiger partial charge in [0.15, 0.2) is 12.9 Å². The van der Waals surface area contributed by atoms with E-state index in [2.05, 4.69) is 5.32 Å². The molecule has 5 nitrogen and oxygen atoms in total. The van der Waals surface area contributed by atoms with Gasteiger partial charge in [-0.05, 0) is 41.5 Å². The Labute approximate surface area is 157 Å². The number of benzene rings is 3. The molecule has 0 radical (unpaired) electrons. The summed E-state index contributed by atoms with van der Waals surface area (Å²) in [5.41, 5.74) is 1.38. The predicted molar refractivity (Wildman–Crippen MR) is 104 cm³/mol. The third kappa shape index (κ3) is 4.26. The zero-order valence-corrected chi connectivity index (χ0v) is 15.3. The molecular weight excluding hydrogens is 342 g/mol. The highest BCUT2D eigenvalue weighted by atomic mass is 16.5. The molecule has 0 aliphatic rings. The van der Waals surface area contributed by atoms with E-state index < -0.39 is 0 Å². The summed E-state index contributed by atoms with van der Waals surface area (Å²) in [4.78, 5) is 23.5. The minimum absolute atomic E-state index is 0.173. The number of carbonyl (C=O) groups excluding carboxylic acids is 2.